The number of hydrogen-bond donors (Lipinski definition) is 1. The Morgan fingerprint density at radius 2 is 2.00 bits per heavy atom. The Bertz CT molecular complexity index is 1240. The third-order valence-electron chi connectivity index (χ3n) is 6.32. The molecule has 1 N–H and O–H groups in total. The Balaban J connectivity index is 1.45. The van der Waals surface area contributed by atoms with Gasteiger partial charge in [0.15, 0.2) is 0 Å². The summed E-state index contributed by atoms with van der Waals surface area (Å²) in [6, 6.07) is 18.3. The maximum Gasteiger partial charge on any atom is 0.262 e. The van der Waals surface area contributed by atoms with Crippen LogP contribution in [0.5, 0.6) is 5.75 Å². The highest BCUT2D eigenvalue weighted by Gasteiger charge is 2.18. The summed E-state index contributed by atoms with van der Waals surface area (Å²) in [6.45, 7) is 8.87. The van der Waals surface area contributed by atoms with E-state index in [-0.39, 0.29) is 23.0 Å². The molecule has 1 aliphatic heterocycles. The van der Waals surface area contributed by atoms with Crippen molar-refractivity contribution in [2.45, 2.75) is 51.7 Å². The number of rotatable bonds is 8. The Labute approximate surface area is 207 Å². The zero-order valence-electron chi connectivity index (χ0n) is 20.7. The fourth-order valence-corrected chi connectivity index (χ4v) is 4.30. The molecule has 1 atom stereocenters. The normalized spacial score (nSPS) is 16.3. The lowest BCUT2D eigenvalue weighted by atomic mass is 9.87. The number of nitrogens with zero attached hydrogens (tertiary/aromatic N) is 2. The molecule has 0 spiro atoms. The van der Waals surface area contributed by atoms with Crippen molar-refractivity contribution in [1.82, 2.24) is 9.88 Å². The van der Waals surface area contributed by atoms with Crippen molar-refractivity contribution < 1.29 is 14.3 Å². The van der Waals surface area contributed by atoms with Crippen LogP contribution < -0.4 is 10.1 Å². The molecule has 0 saturated carbocycles. The van der Waals surface area contributed by atoms with Crippen molar-refractivity contribution in [2.75, 3.05) is 19.8 Å². The van der Waals surface area contributed by atoms with E-state index in [1.54, 1.807) is 6.08 Å². The predicted octanol–water partition coefficient (Wildman–Crippen LogP) is 5.22. The third-order valence-corrected chi connectivity index (χ3v) is 6.32. The van der Waals surface area contributed by atoms with Crippen LogP contribution in [0.3, 0.4) is 0 Å². The SMILES string of the molecule is CC(C)(C)c1ccc(OCCn2cc(C=C(C#N)C(=O)NCC3CCCO3)c3ccccc32)cc1. The number of amides is 1. The number of hydrogen-bond acceptors (Lipinski definition) is 4. The Kier molecular flexibility index (Phi) is 7.57. The number of fused-ring (bicyclic) bond motifs is 1. The molecule has 1 aromatic heterocycles. The quantitative estimate of drug-likeness (QED) is 0.361. The second-order valence-electron chi connectivity index (χ2n) is 9.93. The van der Waals surface area contributed by atoms with E-state index in [2.05, 4.69) is 48.9 Å². The highest BCUT2D eigenvalue weighted by Crippen LogP contribution is 2.26. The van der Waals surface area contributed by atoms with E-state index >= 15 is 0 Å². The van der Waals surface area contributed by atoms with E-state index in [1.165, 1.54) is 5.56 Å². The van der Waals surface area contributed by atoms with Crippen molar-refractivity contribution in [3.05, 3.63) is 71.4 Å². The molecule has 6 heteroatoms. The molecule has 6 nitrogen and oxygen atoms in total. The Morgan fingerprint density at radius 3 is 2.69 bits per heavy atom. The molecule has 1 fully saturated rings. The molecule has 1 amide bonds. The van der Waals surface area contributed by atoms with E-state index in [4.69, 9.17) is 9.47 Å². The number of carbonyl (C=O) groups excluding carboxylic acids is 1. The van der Waals surface area contributed by atoms with Gasteiger partial charge in [0.05, 0.1) is 12.6 Å². The number of nitrogens with one attached hydrogen (secondary N) is 1. The predicted molar refractivity (Wildman–Crippen MR) is 138 cm³/mol. The molecule has 182 valence electrons. The minimum Gasteiger partial charge on any atom is -0.492 e. The van der Waals surface area contributed by atoms with E-state index in [1.807, 2.05) is 42.6 Å². The van der Waals surface area contributed by atoms with Crippen LogP contribution in [0.2, 0.25) is 0 Å². The summed E-state index contributed by atoms with van der Waals surface area (Å²) in [5.41, 5.74) is 3.32. The van der Waals surface area contributed by atoms with Gasteiger partial charge in [0.1, 0.15) is 24.0 Å². The first kappa shape index (κ1) is 24.6. The van der Waals surface area contributed by atoms with Crippen LogP contribution in [0.4, 0.5) is 0 Å². The van der Waals surface area contributed by atoms with Crippen LogP contribution in [-0.4, -0.2) is 36.3 Å². The van der Waals surface area contributed by atoms with Crippen molar-refractivity contribution in [1.29, 1.82) is 5.26 Å². The topological polar surface area (TPSA) is 76.3 Å². The van der Waals surface area contributed by atoms with Gasteiger partial charge in [0, 0.05) is 35.8 Å². The first-order valence-corrected chi connectivity index (χ1v) is 12.2. The molecule has 35 heavy (non-hydrogen) atoms. The highest BCUT2D eigenvalue weighted by atomic mass is 16.5. The number of ether oxygens (including phenoxy) is 2. The van der Waals surface area contributed by atoms with E-state index in [0.29, 0.717) is 19.7 Å². The van der Waals surface area contributed by atoms with Crippen LogP contribution in [0.1, 0.15) is 44.7 Å². The van der Waals surface area contributed by atoms with Crippen molar-refractivity contribution in [2.24, 2.45) is 0 Å². The zero-order valence-corrected chi connectivity index (χ0v) is 20.7. The molecule has 1 saturated heterocycles. The van der Waals surface area contributed by atoms with Crippen LogP contribution in [0.15, 0.2) is 60.3 Å². The molecular formula is C29H33N3O3. The monoisotopic (exact) mass is 471 g/mol. The average Bonchev–Trinajstić information content (AvgIpc) is 3.49. The van der Waals surface area contributed by atoms with Gasteiger partial charge in [-0.1, -0.05) is 51.1 Å². The van der Waals surface area contributed by atoms with Crippen molar-refractivity contribution in [3.63, 3.8) is 0 Å². The number of carbonyl (C=O) groups is 1. The van der Waals surface area contributed by atoms with Gasteiger partial charge in [-0.3, -0.25) is 4.79 Å². The standard InChI is InChI=1S/C29H33N3O3/c1-29(2,3)23-10-12-24(13-11-23)35-16-14-32-20-22(26-8-4-5-9-27(26)32)17-21(18-30)28(33)31-19-25-7-6-15-34-25/h4-5,8-13,17,20,25H,6-7,14-16,19H2,1-3H3,(H,31,33). The molecule has 4 rings (SSSR count). The molecule has 3 aromatic rings. The maximum atomic E-state index is 12.6. The summed E-state index contributed by atoms with van der Waals surface area (Å²) in [4.78, 5) is 12.6. The van der Waals surface area contributed by atoms with E-state index in [0.717, 1.165) is 41.7 Å². The second-order valence-corrected chi connectivity index (χ2v) is 9.93. The van der Waals surface area contributed by atoms with Crippen LogP contribution in [0.25, 0.3) is 17.0 Å². The van der Waals surface area contributed by atoms with E-state index < -0.39 is 0 Å². The fourth-order valence-electron chi connectivity index (χ4n) is 4.30. The van der Waals surface area contributed by atoms with Gasteiger partial charge in [0.25, 0.3) is 5.91 Å². The van der Waals surface area contributed by atoms with Gasteiger partial charge < -0.3 is 19.4 Å². The van der Waals surface area contributed by atoms with Crippen LogP contribution in [0, 0.1) is 11.3 Å². The molecule has 0 radical (unpaired) electrons. The molecule has 0 aliphatic carbocycles. The fraction of sp³-hybridized carbons (Fsp3) is 0.379. The lowest BCUT2D eigenvalue weighted by molar-refractivity contribution is -0.117. The molecule has 1 aliphatic rings. The number of aromatic nitrogens is 1. The maximum absolute atomic E-state index is 12.6. The number of para-hydroxylation sites is 1. The lowest BCUT2D eigenvalue weighted by Gasteiger charge is -2.19. The van der Waals surface area contributed by atoms with Gasteiger partial charge in [-0.25, -0.2) is 0 Å². The lowest BCUT2D eigenvalue weighted by Crippen LogP contribution is -2.32. The van der Waals surface area contributed by atoms with Crippen molar-refractivity contribution >= 4 is 22.9 Å². The molecule has 1 unspecified atom stereocenters. The third kappa shape index (κ3) is 6.12. The van der Waals surface area contributed by atoms with Gasteiger partial charge in [0.2, 0.25) is 0 Å². The van der Waals surface area contributed by atoms with E-state index in [9.17, 15) is 10.1 Å². The first-order valence-electron chi connectivity index (χ1n) is 12.2. The highest BCUT2D eigenvalue weighted by molar-refractivity contribution is 6.04. The first-order chi connectivity index (χ1) is 16.8. The largest absolute Gasteiger partial charge is 0.492 e. The van der Waals surface area contributed by atoms with Crippen LogP contribution >= 0.6 is 0 Å². The van der Waals surface area contributed by atoms with Gasteiger partial charge >= 0.3 is 0 Å². The zero-order chi connectivity index (χ0) is 24.8. The number of benzene rings is 2. The van der Waals surface area contributed by atoms with Gasteiger partial charge in [-0.15, -0.1) is 0 Å². The molecule has 0 bridgehead atoms. The minimum absolute atomic E-state index is 0.0328. The summed E-state index contributed by atoms with van der Waals surface area (Å²) in [5, 5.41) is 13.5. The second kappa shape index (κ2) is 10.8. The minimum atomic E-state index is -0.373. The van der Waals surface area contributed by atoms with Gasteiger partial charge in [-0.2, -0.15) is 5.26 Å². The summed E-state index contributed by atoms with van der Waals surface area (Å²) in [5.74, 6) is 0.464. The summed E-state index contributed by atoms with van der Waals surface area (Å²) in [6.07, 6.45) is 5.61. The van der Waals surface area contributed by atoms with Gasteiger partial charge in [-0.05, 0) is 48.1 Å². The summed E-state index contributed by atoms with van der Waals surface area (Å²) < 4.78 is 13.6. The summed E-state index contributed by atoms with van der Waals surface area (Å²) in [7, 11) is 0. The molecule has 2 aromatic carbocycles. The summed E-state index contributed by atoms with van der Waals surface area (Å²) >= 11 is 0. The molecular weight excluding hydrogens is 438 g/mol. The molecule has 2 heterocycles. The van der Waals surface area contributed by atoms with Crippen LogP contribution in [-0.2, 0) is 21.5 Å². The van der Waals surface area contributed by atoms with Crippen molar-refractivity contribution in [3.8, 4) is 11.8 Å². The smallest absolute Gasteiger partial charge is 0.262 e. The Hall–Kier alpha value is -3.56. The number of nitriles is 1. The Morgan fingerprint density at radius 1 is 1.23 bits per heavy atom. The average molecular weight is 472 g/mol.